The number of ketones is 1. The number of nitrogens with zero attached hydrogens (tertiary/aromatic N) is 3. The Bertz CT molecular complexity index is 1190. The molecule has 2 aromatic heterocycles. The van der Waals surface area contributed by atoms with Gasteiger partial charge in [0.15, 0.2) is 5.78 Å². The second kappa shape index (κ2) is 8.58. The van der Waals surface area contributed by atoms with Crippen molar-refractivity contribution in [2.24, 2.45) is 5.41 Å². The normalized spacial score (nSPS) is 17.7. The second-order valence-electron chi connectivity index (χ2n) is 10.0. The number of pyridine rings is 1. The van der Waals surface area contributed by atoms with Gasteiger partial charge in [-0.3, -0.25) is 9.78 Å². The van der Waals surface area contributed by atoms with E-state index in [4.69, 9.17) is 9.72 Å². The first-order valence-electron chi connectivity index (χ1n) is 11.6. The van der Waals surface area contributed by atoms with Crippen molar-refractivity contribution in [2.45, 2.75) is 26.7 Å². The van der Waals surface area contributed by atoms with E-state index in [1.807, 2.05) is 20.3 Å². The Morgan fingerprint density at radius 1 is 1.06 bits per heavy atom. The molecule has 0 amide bonds. The molecule has 1 aliphatic heterocycles. The summed E-state index contributed by atoms with van der Waals surface area (Å²) in [4.78, 5) is 23.3. The van der Waals surface area contributed by atoms with Gasteiger partial charge >= 0.3 is 0 Å². The minimum absolute atomic E-state index is 0.0297. The van der Waals surface area contributed by atoms with Gasteiger partial charge in [0.05, 0.1) is 28.8 Å². The minimum Gasteiger partial charge on any atom is -0.378 e. The van der Waals surface area contributed by atoms with Crippen LogP contribution in [0, 0.1) is 5.41 Å². The maximum Gasteiger partial charge on any atom is 0.173 e. The second-order valence-corrected chi connectivity index (χ2v) is 11.0. The van der Waals surface area contributed by atoms with E-state index in [2.05, 4.69) is 60.0 Å². The number of ether oxygens (including phenoxy) is 1. The topological polar surface area (TPSA) is 45.7 Å². The van der Waals surface area contributed by atoms with Crippen molar-refractivity contribution in [3.8, 4) is 22.4 Å². The molecule has 172 valence electrons. The van der Waals surface area contributed by atoms with E-state index >= 15 is 0 Å². The summed E-state index contributed by atoms with van der Waals surface area (Å²) in [7, 11) is 4.10. The van der Waals surface area contributed by atoms with Crippen molar-refractivity contribution in [3.63, 3.8) is 0 Å². The van der Waals surface area contributed by atoms with E-state index in [-0.39, 0.29) is 11.2 Å². The number of Topliss-reactive ketones (excluding diaryl/α,β-unsaturated/α-hetero) is 1. The lowest BCUT2D eigenvalue weighted by Crippen LogP contribution is -2.36. The van der Waals surface area contributed by atoms with E-state index in [1.54, 1.807) is 11.3 Å². The van der Waals surface area contributed by atoms with Gasteiger partial charge in [-0.15, -0.1) is 11.3 Å². The number of carbonyl (C=O) groups is 1. The summed E-state index contributed by atoms with van der Waals surface area (Å²) in [6, 6.07) is 12.7. The number of morpholine rings is 1. The molecular formula is C27H31N3O2S. The molecule has 1 aromatic carbocycles. The molecule has 0 N–H and O–H groups in total. The molecule has 33 heavy (non-hydrogen) atoms. The summed E-state index contributed by atoms with van der Waals surface area (Å²) in [6.45, 7) is 7.56. The zero-order chi connectivity index (χ0) is 23.2. The molecule has 6 heteroatoms. The van der Waals surface area contributed by atoms with E-state index < -0.39 is 0 Å². The Morgan fingerprint density at radius 2 is 1.85 bits per heavy atom. The highest BCUT2D eigenvalue weighted by Gasteiger charge is 2.37. The van der Waals surface area contributed by atoms with Gasteiger partial charge in [-0.25, -0.2) is 0 Å². The molecule has 2 aliphatic rings. The zero-order valence-electron chi connectivity index (χ0n) is 19.9. The third kappa shape index (κ3) is 4.30. The highest BCUT2D eigenvalue weighted by atomic mass is 32.1. The number of hydrogen-bond acceptors (Lipinski definition) is 6. The van der Waals surface area contributed by atoms with E-state index in [0.717, 1.165) is 60.1 Å². The molecule has 3 heterocycles. The molecule has 0 atom stereocenters. The summed E-state index contributed by atoms with van der Waals surface area (Å²) >= 11 is 1.67. The Morgan fingerprint density at radius 3 is 2.61 bits per heavy atom. The summed E-state index contributed by atoms with van der Waals surface area (Å²) in [5.74, 6) is 0.278. The predicted octanol–water partition coefficient (Wildman–Crippen LogP) is 5.53. The van der Waals surface area contributed by atoms with Crippen LogP contribution in [0.5, 0.6) is 0 Å². The van der Waals surface area contributed by atoms with Gasteiger partial charge in [0.25, 0.3) is 0 Å². The summed E-state index contributed by atoms with van der Waals surface area (Å²) < 4.78 is 5.61. The molecule has 0 bridgehead atoms. The highest BCUT2D eigenvalue weighted by Crippen LogP contribution is 2.49. The molecule has 0 saturated carbocycles. The monoisotopic (exact) mass is 461 g/mol. The minimum atomic E-state index is -0.0297. The Kier molecular flexibility index (Phi) is 5.75. The van der Waals surface area contributed by atoms with Crippen LogP contribution < -0.4 is 9.80 Å². The van der Waals surface area contributed by atoms with Crippen molar-refractivity contribution < 1.29 is 9.53 Å². The van der Waals surface area contributed by atoms with Crippen LogP contribution >= 0.6 is 11.3 Å². The maximum atomic E-state index is 13.1. The number of rotatable bonds is 4. The van der Waals surface area contributed by atoms with Crippen LogP contribution in [-0.2, 0) is 11.2 Å². The Balaban J connectivity index is 1.65. The van der Waals surface area contributed by atoms with E-state index in [0.29, 0.717) is 6.42 Å². The first-order valence-corrected chi connectivity index (χ1v) is 12.4. The van der Waals surface area contributed by atoms with Crippen molar-refractivity contribution >= 4 is 27.8 Å². The van der Waals surface area contributed by atoms with Crippen LogP contribution in [0.1, 0.15) is 35.5 Å². The number of aromatic nitrogens is 1. The first-order chi connectivity index (χ1) is 15.8. The number of thiophene rings is 1. The molecule has 3 aromatic rings. The third-order valence-corrected chi connectivity index (χ3v) is 7.88. The van der Waals surface area contributed by atoms with Crippen LogP contribution in [0.4, 0.5) is 10.7 Å². The highest BCUT2D eigenvalue weighted by molar-refractivity contribution is 7.19. The molecule has 5 nitrogen and oxygen atoms in total. The molecule has 1 saturated heterocycles. The average molecular weight is 462 g/mol. The predicted molar refractivity (Wildman–Crippen MR) is 137 cm³/mol. The van der Waals surface area contributed by atoms with Crippen molar-refractivity contribution in [3.05, 3.63) is 53.0 Å². The van der Waals surface area contributed by atoms with Gasteiger partial charge in [-0.1, -0.05) is 26.0 Å². The first kappa shape index (κ1) is 22.1. The van der Waals surface area contributed by atoms with Gasteiger partial charge in [-0.05, 0) is 47.2 Å². The molecule has 0 radical (unpaired) electrons. The van der Waals surface area contributed by atoms with Crippen LogP contribution in [0.2, 0.25) is 0 Å². The fourth-order valence-electron chi connectivity index (χ4n) is 4.88. The molecule has 1 fully saturated rings. The Hall–Kier alpha value is -2.70. The smallest absolute Gasteiger partial charge is 0.173 e. The lowest BCUT2D eigenvalue weighted by atomic mass is 9.75. The third-order valence-electron chi connectivity index (χ3n) is 6.54. The number of benzene rings is 1. The van der Waals surface area contributed by atoms with E-state index in [1.165, 1.54) is 16.1 Å². The number of fused-ring (bicyclic) bond motifs is 1. The number of anilines is 2. The fourth-order valence-corrected chi connectivity index (χ4v) is 6.21. The maximum absolute atomic E-state index is 13.1. The van der Waals surface area contributed by atoms with Crippen LogP contribution in [0.15, 0.2) is 42.6 Å². The summed E-state index contributed by atoms with van der Waals surface area (Å²) in [5.41, 5.74) is 6.72. The molecule has 0 unspecified atom stereocenters. The zero-order valence-corrected chi connectivity index (χ0v) is 20.7. The quantitative estimate of drug-likeness (QED) is 0.511. The largest absolute Gasteiger partial charge is 0.378 e. The SMILES string of the molecule is CN(C)c1cccc(-c2cc(-c3c(N4CCOCC4)sc4c3CC(C)(C)CC4=O)ccn2)c1. The van der Waals surface area contributed by atoms with Crippen LogP contribution in [-0.4, -0.2) is 51.2 Å². The lowest BCUT2D eigenvalue weighted by Gasteiger charge is -2.30. The Labute approximate surface area is 200 Å². The standard InChI is InChI=1S/C27H31N3O2S/c1-27(2)16-21-24(26(30-10-12-32-13-11-30)33-25(21)23(31)17-27)19-8-9-28-22(15-19)18-6-5-7-20(14-18)29(3)4/h5-9,14-15H,10-13,16-17H2,1-4H3. The van der Waals surface area contributed by atoms with Crippen molar-refractivity contribution in [1.82, 2.24) is 4.98 Å². The van der Waals surface area contributed by atoms with Crippen molar-refractivity contribution in [1.29, 1.82) is 0 Å². The summed E-state index contributed by atoms with van der Waals surface area (Å²) in [5, 5.41) is 1.20. The fraction of sp³-hybridized carbons (Fsp3) is 0.407. The van der Waals surface area contributed by atoms with Crippen LogP contribution in [0.25, 0.3) is 22.4 Å². The molecule has 0 spiro atoms. The molecular weight excluding hydrogens is 430 g/mol. The summed E-state index contributed by atoms with van der Waals surface area (Å²) in [6.07, 6.45) is 3.43. The van der Waals surface area contributed by atoms with Crippen LogP contribution in [0.3, 0.4) is 0 Å². The molecule has 1 aliphatic carbocycles. The average Bonchev–Trinajstić information content (AvgIpc) is 3.18. The van der Waals surface area contributed by atoms with Gasteiger partial charge in [0.2, 0.25) is 0 Å². The van der Waals surface area contributed by atoms with Gasteiger partial charge in [0, 0.05) is 56.6 Å². The van der Waals surface area contributed by atoms with Gasteiger partial charge < -0.3 is 14.5 Å². The number of hydrogen-bond donors (Lipinski definition) is 0. The van der Waals surface area contributed by atoms with Gasteiger partial charge in [-0.2, -0.15) is 0 Å². The lowest BCUT2D eigenvalue weighted by molar-refractivity contribution is 0.0918. The van der Waals surface area contributed by atoms with E-state index in [9.17, 15) is 4.79 Å². The molecule has 5 rings (SSSR count). The number of carbonyl (C=O) groups excluding carboxylic acids is 1. The van der Waals surface area contributed by atoms with Gasteiger partial charge in [0.1, 0.15) is 0 Å². The van der Waals surface area contributed by atoms with Crippen molar-refractivity contribution in [2.75, 3.05) is 50.2 Å².